The molecule has 1 N–H and O–H groups in total. The number of nitrogens with zero attached hydrogens (tertiary/aromatic N) is 4. The largest absolute Gasteiger partial charge is 0.346 e. The molecule has 0 bridgehead atoms. The van der Waals surface area contributed by atoms with Gasteiger partial charge in [-0.2, -0.15) is 0 Å². The highest BCUT2D eigenvalue weighted by molar-refractivity contribution is 7.08. The Morgan fingerprint density at radius 1 is 1.21 bits per heavy atom. The van der Waals surface area contributed by atoms with Gasteiger partial charge in [0.05, 0.1) is 23.6 Å². The van der Waals surface area contributed by atoms with Gasteiger partial charge in [-0.1, -0.05) is 48.2 Å². The molecule has 0 spiro atoms. The fourth-order valence-corrected chi connectivity index (χ4v) is 2.92. The van der Waals surface area contributed by atoms with Crippen molar-refractivity contribution in [2.45, 2.75) is 26.3 Å². The van der Waals surface area contributed by atoms with Crippen molar-refractivity contribution in [2.24, 2.45) is 0 Å². The maximum atomic E-state index is 12.3. The van der Waals surface area contributed by atoms with Crippen LogP contribution >= 0.6 is 11.5 Å². The van der Waals surface area contributed by atoms with Crippen LogP contribution in [0.5, 0.6) is 0 Å². The SMILES string of the molecule is CCCc1nnsc1C(=O)NCc1cc(-c2ccccc2)ncn1. The smallest absolute Gasteiger partial charge is 0.265 e. The highest BCUT2D eigenvalue weighted by Crippen LogP contribution is 2.16. The van der Waals surface area contributed by atoms with Gasteiger partial charge in [-0.25, -0.2) is 9.97 Å². The Bertz CT molecular complexity index is 819. The van der Waals surface area contributed by atoms with Gasteiger partial charge in [0, 0.05) is 5.56 Å². The van der Waals surface area contributed by atoms with Crippen LogP contribution in [-0.4, -0.2) is 25.5 Å². The zero-order valence-corrected chi connectivity index (χ0v) is 14.1. The Labute approximate surface area is 144 Å². The quantitative estimate of drug-likeness (QED) is 0.747. The van der Waals surface area contributed by atoms with Crippen molar-refractivity contribution in [3.8, 4) is 11.3 Å². The summed E-state index contributed by atoms with van der Waals surface area (Å²) in [5, 5.41) is 6.90. The van der Waals surface area contributed by atoms with Crippen LogP contribution in [0.25, 0.3) is 11.3 Å². The molecule has 0 aliphatic rings. The predicted octanol–water partition coefficient (Wildman–Crippen LogP) is 2.88. The van der Waals surface area contributed by atoms with Gasteiger partial charge in [-0.15, -0.1) is 5.10 Å². The molecule has 0 saturated heterocycles. The first-order chi connectivity index (χ1) is 11.8. The maximum Gasteiger partial charge on any atom is 0.265 e. The third kappa shape index (κ3) is 3.80. The second-order valence-corrected chi connectivity index (χ2v) is 6.00. The Morgan fingerprint density at radius 3 is 2.83 bits per heavy atom. The minimum absolute atomic E-state index is 0.159. The van der Waals surface area contributed by atoms with E-state index >= 15 is 0 Å². The lowest BCUT2D eigenvalue weighted by Crippen LogP contribution is -2.23. The molecule has 3 rings (SSSR count). The molecule has 6 nitrogen and oxygen atoms in total. The molecule has 2 heterocycles. The lowest BCUT2D eigenvalue weighted by Gasteiger charge is -2.06. The van der Waals surface area contributed by atoms with E-state index in [0.29, 0.717) is 11.4 Å². The molecule has 0 atom stereocenters. The van der Waals surface area contributed by atoms with E-state index in [9.17, 15) is 4.79 Å². The third-order valence-electron chi connectivity index (χ3n) is 3.47. The molecule has 0 fully saturated rings. The predicted molar refractivity (Wildman–Crippen MR) is 92.5 cm³/mol. The van der Waals surface area contributed by atoms with E-state index in [1.807, 2.05) is 43.3 Å². The Kier molecular flexibility index (Phi) is 5.22. The standard InChI is InChI=1S/C17H17N5OS/c1-2-6-14-16(24-22-21-14)17(23)18-10-13-9-15(20-11-19-13)12-7-4-3-5-8-12/h3-5,7-9,11H,2,6,10H2,1H3,(H,18,23). The molecule has 122 valence electrons. The van der Waals surface area contributed by atoms with E-state index in [-0.39, 0.29) is 5.91 Å². The van der Waals surface area contributed by atoms with Gasteiger partial charge in [-0.3, -0.25) is 4.79 Å². The van der Waals surface area contributed by atoms with Crippen LogP contribution in [-0.2, 0) is 13.0 Å². The van der Waals surface area contributed by atoms with Gasteiger partial charge in [0.1, 0.15) is 11.2 Å². The normalized spacial score (nSPS) is 10.5. The Morgan fingerprint density at radius 2 is 2.04 bits per heavy atom. The van der Waals surface area contributed by atoms with E-state index in [4.69, 9.17) is 0 Å². The summed E-state index contributed by atoms with van der Waals surface area (Å²) in [5.41, 5.74) is 3.37. The summed E-state index contributed by atoms with van der Waals surface area (Å²) >= 11 is 1.13. The van der Waals surface area contributed by atoms with Gasteiger partial charge in [0.2, 0.25) is 0 Å². The number of carbonyl (C=O) groups is 1. The molecule has 1 amide bonds. The second-order valence-electron chi connectivity index (χ2n) is 5.24. The number of carbonyl (C=O) groups excluding carboxylic acids is 1. The Balaban J connectivity index is 1.69. The first kappa shape index (κ1) is 16.2. The van der Waals surface area contributed by atoms with Crippen molar-refractivity contribution in [1.29, 1.82) is 0 Å². The fraction of sp³-hybridized carbons (Fsp3) is 0.235. The summed E-state index contributed by atoms with van der Waals surface area (Å²) in [7, 11) is 0. The first-order valence-electron chi connectivity index (χ1n) is 7.73. The lowest BCUT2D eigenvalue weighted by atomic mass is 10.1. The van der Waals surface area contributed by atoms with Crippen molar-refractivity contribution in [1.82, 2.24) is 24.9 Å². The summed E-state index contributed by atoms with van der Waals surface area (Å²) in [6, 6.07) is 11.8. The van der Waals surface area contributed by atoms with Crippen molar-refractivity contribution in [3.05, 3.63) is 59.0 Å². The van der Waals surface area contributed by atoms with Gasteiger partial charge >= 0.3 is 0 Å². The topological polar surface area (TPSA) is 80.7 Å². The van der Waals surface area contributed by atoms with Crippen LogP contribution in [0, 0.1) is 0 Å². The summed E-state index contributed by atoms with van der Waals surface area (Å²) in [5.74, 6) is -0.159. The number of nitrogens with one attached hydrogen (secondary N) is 1. The average molecular weight is 339 g/mol. The van der Waals surface area contributed by atoms with Crippen molar-refractivity contribution in [2.75, 3.05) is 0 Å². The molecule has 0 radical (unpaired) electrons. The summed E-state index contributed by atoms with van der Waals surface area (Å²) < 4.78 is 3.88. The van der Waals surface area contributed by atoms with Gasteiger partial charge in [-0.05, 0) is 24.0 Å². The molecule has 3 aromatic rings. The number of hydrogen-bond acceptors (Lipinski definition) is 6. The maximum absolute atomic E-state index is 12.3. The van der Waals surface area contributed by atoms with Crippen LogP contribution in [0.4, 0.5) is 0 Å². The molecule has 0 saturated carbocycles. The first-order valence-corrected chi connectivity index (χ1v) is 8.51. The van der Waals surface area contributed by atoms with Crippen LogP contribution in [0.1, 0.15) is 34.4 Å². The molecular formula is C17H17N5OS. The molecule has 0 aliphatic heterocycles. The molecule has 7 heteroatoms. The highest BCUT2D eigenvalue weighted by Gasteiger charge is 2.15. The molecule has 24 heavy (non-hydrogen) atoms. The number of hydrogen-bond donors (Lipinski definition) is 1. The number of benzene rings is 1. The van der Waals surface area contributed by atoms with Crippen LogP contribution in [0.15, 0.2) is 42.7 Å². The lowest BCUT2D eigenvalue weighted by molar-refractivity contribution is 0.0953. The number of aromatic nitrogens is 4. The monoisotopic (exact) mass is 339 g/mol. The van der Waals surface area contributed by atoms with E-state index in [2.05, 4.69) is 24.9 Å². The van der Waals surface area contributed by atoms with Crippen LogP contribution in [0.2, 0.25) is 0 Å². The van der Waals surface area contributed by atoms with Gasteiger partial charge in [0.25, 0.3) is 5.91 Å². The van der Waals surface area contributed by atoms with Gasteiger partial charge < -0.3 is 5.32 Å². The summed E-state index contributed by atoms with van der Waals surface area (Å²) in [6.45, 7) is 2.39. The van der Waals surface area contributed by atoms with E-state index < -0.39 is 0 Å². The zero-order chi connectivity index (χ0) is 16.8. The van der Waals surface area contributed by atoms with Crippen molar-refractivity contribution in [3.63, 3.8) is 0 Å². The number of amides is 1. The van der Waals surface area contributed by atoms with Crippen LogP contribution in [0.3, 0.4) is 0 Å². The van der Waals surface area contributed by atoms with E-state index in [1.165, 1.54) is 6.33 Å². The van der Waals surface area contributed by atoms with E-state index in [1.54, 1.807) is 0 Å². The minimum Gasteiger partial charge on any atom is -0.346 e. The summed E-state index contributed by atoms with van der Waals surface area (Å²) in [4.78, 5) is 21.4. The molecular weight excluding hydrogens is 322 g/mol. The van der Waals surface area contributed by atoms with Gasteiger partial charge in [0.15, 0.2) is 0 Å². The number of aryl methyl sites for hydroxylation is 1. The fourth-order valence-electron chi connectivity index (χ4n) is 2.29. The molecule has 2 aromatic heterocycles. The Hall–Kier alpha value is -2.67. The second kappa shape index (κ2) is 7.74. The average Bonchev–Trinajstić information content (AvgIpc) is 3.09. The molecule has 0 aliphatic carbocycles. The van der Waals surface area contributed by atoms with Crippen LogP contribution < -0.4 is 5.32 Å². The van der Waals surface area contributed by atoms with Crippen molar-refractivity contribution >= 4 is 17.4 Å². The zero-order valence-electron chi connectivity index (χ0n) is 13.3. The third-order valence-corrected chi connectivity index (χ3v) is 4.24. The molecule has 0 unspecified atom stereocenters. The van der Waals surface area contributed by atoms with Crippen molar-refractivity contribution < 1.29 is 4.79 Å². The summed E-state index contributed by atoms with van der Waals surface area (Å²) in [6.07, 6.45) is 3.20. The minimum atomic E-state index is -0.159. The number of rotatable bonds is 6. The molecule has 1 aromatic carbocycles. The van der Waals surface area contributed by atoms with E-state index in [0.717, 1.165) is 47.0 Å². The highest BCUT2D eigenvalue weighted by atomic mass is 32.1.